The Kier molecular flexibility index (Phi) is 2.39. The lowest BCUT2D eigenvalue weighted by Crippen LogP contribution is -2.48. The average molecular weight is 268 g/mol. The van der Waals surface area contributed by atoms with Gasteiger partial charge in [-0.15, -0.1) is 0 Å². The number of fused-ring (bicyclic) bond motifs is 3. The molecule has 4 heteroatoms. The molecule has 0 aromatic carbocycles. The standard InChI is InChI=1S/C11H14BrN3/c12-9-5-13-11(14-6-9)15-7-8-1-3-10(15)4-2-8/h5-6,8,10H,1-4,7H2. The van der Waals surface area contributed by atoms with Gasteiger partial charge in [0.15, 0.2) is 0 Å². The lowest BCUT2D eigenvalue weighted by atomic mass is 9.80. The van der Waals surface area contributed by atoms with Crippen LogP contribution in [0.4, 0.5) is 5.95 Å². The summed E-state index contributed by atoms with van der Waals surface area (Å²) >= 11 is 3.37. The summed E-state index contributed by atoms with van der Waals surface area (Å²) in [6.45, 7) is 1.16. The van der Waals surface area contributed by atoms with Crippen LogP contribution in [0.25, 0.3) is 0 Å². The molecule has 80 valence electrons. The Morgan fingerprint density at radius 3 is 2.33 bits per heavy atom. The minimum Gasteiger partial charge on any atom is -0.338 e. The molecule has 2 saturated heterocycles. The van der Waals surface area contributed by atoms with Crippen molar-refractivity contribution in [1.29, 1.82) is 0 Å². The predicted molar refractivity (Wildman–Crippen MR) is 62.8 cm³/mol. The molecule has 0 amide bonds. The molecule has 0 atom stereocenters. The molecule has 0 N–H and O–H groups in total. The number of anilines is 1. The van der Waals surface area contributed by atoms with Crippen LogP contribution in [0.1, 0.15) is 25.7 Å². The smallest absolute Gasteiger partial charge is 0.225 e. The Morgan fingerprint density at radius 2 is 1.80 bits per heavy atom. The molecular weight excluding hydrogens is 254 g/mol. The normalized spacial score (nSPS) is 29.5. The van der Waals surface area contributed by atoms with E-state index >= 15 is 0 Å². The van der Waals surface area contributed by atoms with E-state index in [0.717, 1.165) is 22.9 Å². The van der Waals surface area contributed by atoms with Crippen LogP contribution in [0.2, 0.25) is 0 Å². The zero-order chi connectivity index (χ0) is 10.3. The van der Waals surface area contributed by atoms with E-state index in [-0.39, 0.29) is 0 Å². The fourth-order valence-corrected chi connectivity index (χ4v) is 2.97. The van der Waals surface area contributed by atoms with E-state index in [2.05, 4.69) is 30.8 Å². The lowest BCUT2D eigenvalue weighted by molar-refractivity contribution is 0.249. The summed E-state index contributed by atoms with van der Waals surface area (Å²) in [7, 11) is 0. The highest BCUT2D eigenvalue weighted by molar-refractivity contribution is 9.10. The molecule has 0 radical (unpaired) electrons. The topological polar surface area (TPSA) is 29.0 Å². The molecule has 1 aliphatic carbocycles. The van der Waals surface area contributed by atoms with Crippen LogP contribution >= 0.6 is 15.9 Å². The highest BCUT2D eigenvalue weighted by atomic mass is 79.9. The van der Waals surface area contributed by atoms with Crippen molar-refractivity contribution < 1.29 is 0 Å². The van der Waals surface area contributed by atoms with Crippen molar-refractivity contribution in [3.63, 3.8) is 0 Å². The minimum atomic E-state index is 0.691. The number of nitrogens with zero attached hydrogens (tertiary/aromatic N) is 3. The third-order valence-corrected chi connectivity index (χ3v) is 3.99. The highest BCUT2D eigenvalue weighted by Crippen LogP contribution is 2.36. The zero-order valence-electron chi connectivity index (χ0n) is 8.56. The number of halogens is 1. The molecule has 0 unspecified atom stereocenters. The van der Waals surface area contributed by atoms with Crippen LogP contribution in [0.5, 0.6) is 0 Å². The molecule has 2 aliphatic heterocycles. The second kappa shape index (κ2) is 3.74. The van der Waals surface area contributed by atoms with E-state index in [1.54, 1.807) is 0 Å². The van der Waals surface area contributed by atoms with Gasteiger partial charge in [-0.1, -0.05) is 0 Å². The van der Waals surface area contributed by atoms with Crippen LogP contribution in [0.15, 0.2) is 16.9 Å². The van der Waals surface area contributed by atoms with Gasteiger partial charge in [-0.25, -0.2) is 9.97 Å². The van der Waals surface area contributed by atoms with Crippen LogP contribution in [-0.2, 0) is 0 Å². The van der Waals surface area contributed by atoms with Gasteiger partial charge in [-0.3, -0.25) is 0 Å². The quantitative estimate of drug-likeness (QED) is 0.784. The van der Waals surface area contributed by atoms with Crippen molar-refractivity contribution >= 4 is 21.9 Å². The molecule has 1 aromatic heterocycles. The molecule has 1 saturated carbocycles. The van der Waals surface area contributed by atoms with E-state index in [0.29, 0.717) is 6.04 Å². The van der Waals surface area contributed by atoms with E-state index in [1.165, 1.54) is 25.7 Å². The summed E-state index contributed by atoms with van der Waals surface area (Å²) in [6.07, 6.45) is 9.12. The molecule has 4 rings (SSSR count). The first kappa shape index (κ1) is 9.58. The van der Waals surface area contributed by atoms with Crippen LogP contribution < -0.4 is 4.90 Å². The van der Waals surface area contributed by atoms with E-state index in [1.807, 2.05) is 12.4 Å². The van der Waals surface area contributed by atoms with Crippen molar-refractivity contribution in [2.75, 3.05) is 11.4 Å². The molecule has 15 heavy (non-hydrogen) atoms. The molecular formula is C11H14BrN3. The van der Waals surface area contributed by atoms with Gasteiger partial charge in [-0.05, 0) is 47.5 Å². The summed E-state index contributed by atoms with van der Waals surface area (Å²) in [4.78, 5) is 11.2. The van der Waals surface area contributed by atoms with Gasteiger partial charge in [0.2, 0.25) is 5.95 Å². The Bertz CT molecular complexity index is 343. The summed E-state index contributed by atoms with van der Waals surface area (Å²) in [6, 6.07) is 0.691. The van der Waals surface area contributed by atoms with Gasteiger partial charge >= 0.3 is 0 Å². The average Bonchev–Trinajstić information content (AvgIpc) is 2.31. The van der Waals surface area contributed by atoms with Gasteiger partial charge in [0.05, 0.1) is 4.47 Å². The molecule has 3 fully saturated rings. The maximum atomic E-state index is 4.39. The molecule has 1 aromatic rings. The van der Waals surface area contributed by atoms with Crippen molar-refractivity contribution in [3.8, 4) is 0 Å². The SMILES string of the molecule is Brc1cnc(N2CC3CCC2CC3)nc1. The number of piperidine rings is 2. The fraction of sp³-hybridized carbons (Fsp3) is 0.636. The van der Waals surface area contributed by atoms with Gasteiger partial charge in [-0.2, -0.15) is 0 Å². The first-order chi connectivity index (χ1) is 7.33. The third-order valence-electron chi connectivity index (χ3n) is 3.58. The van der Waals surface area contributed by atoms with Crippen LogP contribution in [0, 0.1) is 5.92 Å². The highest BCUT2D eigenvalue weighted by Gasteiger charge is 2.34. The van der Waals surface area contributed by atoms with E-state index in [9.17, 15) is 0 Å². The van der Waals surface area contributed by atoms with Crippen LogP contribution in [-0.4, -0.2) is 22.6 Å². The van der Waals surface area contributed by atoms with Crippen LogP contribution in [0.3, 0.4) is 0 Å². The monoisotopic (exact) mass is 267 g/mol. The maximum absolute atomic E-state index is 4.39. The Morgan fingerprint density at radius 1 is 1.13 bits per heavy atom. The van der Waals surface area contributed by atoms with Crippen molar-refractivity contribution in [2.45, 2.75) is 31.7 Å². The maximum Gasteiger partial charge on any atom is 0.225 e. The molecule has 3 nitrogen and oxygen atoms in total. The Hall–Kier alpha value is -0.640. The number of rotatable bonds is 1. The molecule has 0 spiro atoms. The second-order valence-corrected chi connectivity index (χ2v) is 5.44. The Labute approximate surface area is 98.0 Å². The van der Waals surface area contributed by atoms with Crippen molar-refractivity contribution in [3.05, 3.63) is 16.9 Å². The number of hydrogen-bond donors (Lipinski definition) is 0. The summed E-state index contributed by atoms with van der Waals surface area (Å²) in [5.41, 5.74) is 0. The van der Waals surface area contributed by atoms with Gasteiger partial charge in [0.1, 0.15) is 0 Å². The van der Waals surface area contributed by atoms with E-state index < -0.39 is 0 Å². The van der Waals surface area contributed by atoms with E-state index in [4.69, 9.17) is 0 Å². The first-order valence-electron chi connectivity index (χ1n) is 5.57. The van der Waals surface area contributed by atoms with Crippen molar-refractivity contribution in [1.82, 2.24) is 9.97 Å². The summed E-state index contributed by atoms with van der Waals surface area (Å²) < 4.78 is 0.952. The first-order valence-corrected chi connectivity index (χ1v) is 6.36. The van der Waals surface area contributed by atoms with Gasteiger partial charge < -0.3 is 4.90 Å². The lowest BCUT2D eigenvalue weighted by Gasteiger charge is -2.45. The zero-order valence-corrected chi connectivity index (χ0v) is 10.2. The number of aromatic nitrogens is 2. The number of hydrogen-bond acceptors (Lipinski definition) is 3. The second-order valence-electron chi connectivity index (χ2n) is 4.53. The summed E-state index contributed by atoms with van der Waals surface area (Å²) in [5.74, 6) is 1.79. The largest absolute Gasteiger partial charge is 0.338 e. The minimum absolute atomic E-state index is 0.691. The predicted octanol–water partition coefficient (Wildman–Crippen LogP) is 2.62. The third kappa shape index (κ3) is 1.75. The van der Waals surface area contributed by atoms with Crippen molar-refractivity contribution in [2.24, 2.45) is 5.92 Å². The fourth-order valence-electron chi connectivity index (χ4n) is 2.77. The molecule has 3 heterocycles. The molecule has 3 aliphatic rings. The van der Waals surface area contributed by atoms with Gasteiger partial charge in [0.25, 0.3) is 0 Å². The summed E-state index contributed by atoms with van der Waals surface area (Å²) in [5, 5.41) is 0. The van der Waals surface area contributed by atoms with Gasteiger partial charge in [0, 0.05) is 25.0 Å². The Balaban J connectivity index is 1.85. The molecule has 2 bridgehead atoms.